The normalized spacial score (nSPS) is 14.5. The van der Waals surface area contributed by atoms with Crippen LogP contribution in [0, 0.1) is 10.1 Å². The van der Waals surface area contributed by atoms with Crippen LogP contribution < -0.4 is 14.4 Å². The van der Waals surface area contributed by atoms with E-state index >= 15 is 0 Å². The molecule has 0 saturated carbocycles. The van der Waals surface area contributed by atoms with E-state index < -0.39 is 4.92 Å². The Morgan fingerprint density at radius 3 is 2.67 bits per heavy atom. The third-order valence-electron chi connectivity index (χ3n) is 5.44. The molecule has 5 rings (SSSR count). The van der Waals surface area contributed by atoms with Gasteiger partial charge in [0.05, 0.1) is 22.6 Å². The van der Waals surface area contributed by atoms with Crippen molar-refractivity contribution in [3.8, 4) is 17.4 Å². The fourth-order valence-corrected chi connectivity index (χ4v) is 5.08. The SMILES string of the molecule is COc1cc(/C=C2/SC(=S)N(c3cccc4ccccc34)C2=O)ccc1Oc1ncccc1[N+](=O)[O-]. The van der Waals surface area contributed by atoms with Crippen molar-refractivity contribution in [2.24, 2.45) is 0 Å². The van der Waals surface area contributed by atoms with Crippen molar-refractivity contribution in [2.45, 2.75) is 0 Å². The number of nitrogens with zero attached hydrogens (tertiary/aromatic N) is 3. The van der Waals surface area contributed by atoms with Crippen LogP contribution in [0.3, 0.4) is 0 Å². The van der Waals surface area contributed by atoms with Crippen molar-refractivity contribution in [3.63, 3.8) is 0 Å². The number of benzene rings is 3. The number of thiocarbonyl (C=S) groups is 1. The van der Waals surface area contributed by atoms with Crippen molar-refractivity contribution < 1.29 is 19.2 Å². The van der Waals surface area contributed by atoms with E-state index in [0.717, 1.165) is 16.5 Å². The van der Waals surface area contributed by atoms with Gasteiger partial charge in [-0.15, -0.1) is 0 Å². The van der Waals surface area contributed by atoms with Crippen molar-refractivity contribution in [1.82, 2.24) is 4.98 Å². The number of carbonyl (C=O) groups is 1. The summed E-state index contributed by atoms with van der Waals surface area (Å²) in [6.45, 7) is 0. The summed E-state index contributed by atoms with van der Waals surface area (Å²) in [5, 5.41) is 13.2. The molecule has 4 aromatic rings. The maximum Gasteiger partial charge on any atom is 0.331 e. The number of rotatable bonds is 6. The Bertz CT molecular complexity index is 1570. The highest BCUT2D eigenvalue weighted by Crippen LogP contribution is 2.40. The number of hydrogen-bond acceptors (Lipinski definition) is 8. The minimum atomic E-state index is -0.568. The summed E-state index contributed by atoms with van der Waals surface area (Å²) in [6.07, 6.45) is 3.13. The van der Waals surface area contributed by atoms with Gasteiger partial charge in [-0.3, -0.25) is 19.8 Å². The third kappa shape index (κ3) is 4.39. The second-order valence-corrected chi connectivity index (χ2v) is 9.29. The van der Waals surface area contributed by atoms with E-state index in [2.05, 4.69) is 4.98 Å². The van der Waals surface area contributed by atoms with Crippen molar-refractivity contribution >= 4 is 62.4 Å². The van der Waals surface area contributed by atoms with Crippen LogP contribution in [0.15, 0.2) is 83.9 Å². The summed E-state index contributed by atoms with van der Waals surface area (Å²) >= 11 is 6.77. The lowest BCUT2D eigenvalue weighted by atomic mass is 10.1. The lowest BCUT2D eigenvalue weighted by Gasteiger charge is -2.17. The number of carbonyl (C=O) groups excluding carboxylic acids is 1. The predicted molar refractivity (Wildman–Crippen MR) is 144 cm³/mol. The highest BCUT2D eigenvalue weighted by Gasteiger charge is 2.34. The number of pyridine rings is 1. The third-order valence-corrected chi connectivity index (χ3v) is 6.74. The molecule has 1 saturated heterocycles. The molecule has 10 heteroatoms. The van der Waals surface area contributed by atoms with Gasteiger partial charge in [0.15, 0.2) is 15.8 Å². The number of thioether (sulfide) groups is 1. The van der Waals surface area contributed by atoms with Crippen molar-refractivity contribution in [3.05, 3.63) is 99.6 Å². The molecular formula is C26H17N3O5S2. The Kier molecular flexibility index (Phi) is 6.36. The van der Waals surface area contributed by atoms with Gasteiger partial charge in [0.1, 0.15) is 0 Å². The van der Waals surface area contributed by atoms with Gasteiger partial charge in [-0.2, -0.15) is 0 Å². The summed E-state index contributed by atoms with van der Waals surface area (Å²) < 4.78 is 11.5. The average Bonchev–Trinajstić information content (AvgIpc) is 3.16. The molecule has 178 valence electrons. The van der Waals surface area contributed by atoms with E-state index in [0.29, 0.717) is 20.5 Å². The Labute approximate surface area is 215 Å². The Morgan fingerprint density at radius 1 is 1.06 bits per heavy atom. The van der Waals surface area contributed by atoms with Crippen LogP contribution in [-0.2, 0) is 4.79 Å². The van der Waals surface area contributed by atoms with E-state index in [1.807, 2.05) is 42.5 Å². The van der Waals surface area contributed by atoms with Crippen LogP contribution in [-0.4, -0.2) is 27.2 Å². The number of amides is 1. The molecule has 0 spiro atoms. The maximum atomic E-state index is 13.3. The molecule has 1 amide bonds. The van der Waals surface area contributed by atoms with Gasteiger partial charge in [0, 0.05) is 17.6 Å². The van der Waals surface area contributed by atoms with E-state index in [9.17, 15) is 14.9 Å². The molecule has 2 heterocycles. The Morgan fingerprint density at radius 2 is 1.86 bits per heavy atom. The van der Waals surface area contributed by atoms with Crippen molar-refractivity contribution in [1.29, 1.82) is 0 Å². The topological polar surface area (TPSA) is 94.8 Å². The lowest BCUT2D eigenvalue weighted by molar-refractivity contribution is -0.386. The first kappa shape index (κ1) is 23.5. The first-order valence-electron chi connectivity index (χ1n) is 10.7. The molecule has 0 radical (unpaired) electrons. The van der Waals surface area contributed by atoms with Gasteiger partial charge in [0.25, 0.3) is 11.8 Å². The smallest absolute Gasteiger partial charge is 0.331 e. The molecule has 36 heavy (non-hydrogen) atoms. The zero-order valence-electron chi connectivity index (χ0n) is 18.8. The van der Waals surface area contributed by atoms with Crippen LogP contribution in [0.5, 0.6) is 17.4 Å². The lowest BCUT2D eigenvalue weighted by Crippen LogP contribution is -2.27. The van der Waals surface area contributed by atoms with E-state index in [-0.39, 0.29) is 23.2 Å². The number of aromatic nitrogens is 1. The highest BCUT2D eigenvalue weighted by atomic mass is 32.2. The first-order valence-corrected chi connectivity index (χ1v) is 11.9. The number of nitro groups is 1. The zero-order chi connectivity index (χ0) is 25.2. The largest absolute Gasteiger partial charge is 0.493 e. The van der Waals surface area contributed by atoms with E-state index in [1.165, 1.54) is 37.2 Å². The van der Waals surface area contributed by atoms with Crippen LogP contribution in [0.2, 0.25) is 0 Å². The fourth-order valence-electron chi connectivity index (χ4n) is 3.79. The summed E-state index contributed by atoms with van der Waals surface area (Å²) in [6, 6.07) is 21.3. The molecule has 0 atom stereocenters. The Hall–Kier alpha value is -4.28. The molecule has 1 aliphatic rings. The molecule has 3 aromatic carbocycles. The highest BCUT2D eigenvalue weighted by molar-refractivity contribution is 8.27. The van der Waals surface area contributed by atoms with Gasteiger partial charge in [-0.1, -0.05) is 66.4 Å². The van der Waals surface area contributed by atoms with Crippen LogP contribution in [0.1, 0.15) is 5.56 Å². The van der Waals surface area contributed by atoms with Gasteiger partial charge in [-0.25, -0.2) is 4.98 Å². The summed E-state index contributed by atoms with van der Waals surface area (Å²) in [7, 11) is 1.46. The molecular weight excluding hydrogens is 498 g/mol. The zero-order valence-corrected chi connectivity index (χ0v) is 20.4. The van der Waals surface area contributed by atoms with Crippen LogP contribution >= 0.6 is 24.0 Å². The average molecular weight is 516 g/mol. The number of ether oxygens (including phenoxy) is 2. The second kappa shape index (κ2) is 9.76. The minimum absolute atomic E-state index is 0.149. The first-order chi connectivity index (χ1) is 17.5. The number of hydrogen-bond donors (Lipinski definition) is 0. The molecule has 1 aromatic heterocycles. The summed E-state index contributed by atoms with van der Waals surface area (Å²) in [4.78, 5) is 30.0. The molecule has 0 bridgehead atoms. The molecule has 1 aliphatic heterocycles. The van der Waals surface area contributed by atoms with Gasteiger partial charge >= 0.3 is 5.69 Å². The number of fused-ring (bicyclic) bond motifs is 1. The van der Waals surface area contributed by atoms with Crippen molar-refractivity contribution in [2.75, 3.05) is 12.0 Å². The Balaban J connectivity index is 1.45. The quantitative estimate of drug-likeness (QED) is 0.127. The fraction of sp³-hybridized carbons (Fsp3) is 0.0385. The van der Waals surface area contributed by atoms with Gasteiger partial charge in [-0.05, 0) is 41.3 Å². The van der Waals surface area contributed by atoms with Crippen LogP contribution in [0.4, 0.5) is 11.4 Å². The van der Waals surface area contributed by atoms with Crippen LogP contribution in [0.25, 0.3) is 16.8 Å². The number of methoxy groups -OCH3 is 1. The standard InChI is InChI=1S/C26H17N3O5S2/c1-33-22-14-16(11-12-21(22)34-24-20(29(31)32)10-5-13-27-24)15-23-25(30)28(26(35)36-23)19-9-4-7-17-6-2-3-8-18(17)19/h2-15H,1H3/b23-15+. The van der Waals surface area contributed by atoms with Gasteiger partial charge in [0.2, 0.25) is 0 Å². The predicted octanol–water partition coefficient (Wildman–Crippen LogP) is 6.35. The monoisotopic (exact) mass is 515 g/mol. The molecule has 8 nitrogen and oxygen atoms in total. The maximum absolute atomic E-state index is 13.3. The second-order valence-electron chi connectivity index (χ2n) is 7.61. The van der Waals surface area contributed by atoms with E-state index in [1.54, 1.807) is 29.2 Å². The molecule has 0 aliphatic carbocycles. The summed E-state index contributed by atoms with van der Waals surface area (Å²) in [5.74, 6) is 0.210. The number of anilines is 1. The van der Waals surface area contributed by atoms with E-state index in [4.69, 9.17) is 21.7 Å². The molecule has 0 unspecified atom stereocenters. The van der Waals surface area contributed by atoms with Gasteiger partial charge < -0.3 is 9.47 Å². The minimum Gasteiger partial charge on any atom is -0.493 e. The molecule has 1 fully saturated rings. The molecule has 0 N–H and O–H groups in total. The summed E-state index contributed by atoms with van der Waals surface area (Å²) in [5.41, 5.74) is 1.14.